The third-order valence-electron chi connectivity index (χ3n) is 2.93. The summed E-state index contributed by atoms with van der Waals surface area (Å²) in [6.07, 6.45) is 1.80. The van der Waals surface area contributed by atoms with Gasteiger partial charge in [0.15, 0.2) is 0 Å². The molecule has 0 spiro atoms. The zero-order chi connectivity index (χ0) is 13.3. The Kier molecular flexibility index (Phi) is 3.56. The van der Waals surface area contributed by atoms with Crippen molar-refractivity contribution in [3.8, 4) is 5.88 Å². The van der Waals surface area contributed by atoms with Gasteiger partial charge in [-0.05, 0) is 13.8 Å². The van der Waals surface area contributed by atoms with Gasteiger partial charge in [-0.3, -0.25) is 9.48 Å². The molecule has 1 fully saturated rings. The summed E-state index contributed by atoms with van der Waals surface area (Å²) in [6.45, 7) is 5.13. The number of carbonyl (C=O) groups excluding carboxylic acids is 1. The lowest BCUT2D eigenvalue weighted by Crippen LogP contribution is -2.48. The van der Waals surface area contributed by atoms with E-state index in [4.69, 9.17) is 9.47 Å². The number of aryl methyl sites for hydroxylation is 1. The van der Waals surface area contributed by atoms with Crippen LogP contribution in [0.2, 0.25) is 0 Å². The maximum atomic E-state index is 12.4. The topological polar surface area (TPSA) is 56.6 Å². The summed E-state index contributed by atoms with van der Waals surface area (Å²) in [6, 6.07) is 0. The molecule has 2 unspecified atom stereocenters. The van der Waals surface area contributed by atoms with Crippen LogP contribution in [0.5, 0.6) is 5.88 Å². The van der Waals surface area contributed by atoms with Gasteiger partial charge < -0.3 is 14.4 Å². The van der Waals surface area contributed by atoms with Crippen molar-refractivity contribution in [2.75, 3.05) is 20.2 Å². The van der Waals surface area contributed by atoms with Crippen LogP contribution in [-0.4, -0.2) is 53.0 Å². The van der Waals surface area contributed by atoms with Crippen LogP contribution in [0.3, 0.4) is 0 Å². The van der Waals surface area contributed by atoms with Crippen LogP contribution in [0.4, 0.5) is 0 Å². The fraction of sp³-hybridized carbons (Fsp3) is 0.667. The lowest BCUT2D eigenvalue weighted by atomic mass is 10.2. The monoisotopic (exact) mass is 253 g/mol. The van der Waals surface area contributed by atoms with Crippen LogP contribution >= 0.6 is 0 Å². The van der Waals surface area contributed by atoms with Crippen LogP contribution in [0, 0.1) is 0 Å². The molecule has 100 valence electrons. The summed E-state index contributed by atoms with van der Waals surface area (Å²) in [5.41, 5.74) is 0.501. The zero-order valence-electron chi connectivity index (χ0n) is 11.2. The van der Waals surface area contributed by atoms with E-state index in [1.165, 1.54) is 7.11 Å². The van der Waals surface area contributed by atoms with Gasteiger partial charge in [0.1, 0.15) is 5.56 Å². The molecule has 1 aliphatic rings. The first kappa shape index (κ1) is 12.9. The van der Waals surface area contributed by atoms with E-state index in [-0.39, 0.29) is 18.1 Å². The molecule has 0 radical (unpaired) electrons. The van der Waals surface area contributed by atoms with E-state index in [0.717, 1.165) is 0 Å². The summed E-state index contributed by atoms with van der Waals surface area (Å²) >= 11 is 0. The molecule has 1 aliphatic heterocycles. The van der Waals surface area contributed by atoms with Crippen molar-refractivity contribution in [3.63, 3.8) is 0 Å². The molecule has 0 N–H and O–H groups in total. The minimum atomic E-state index is -0.0537. The summed E-state index contributed by atoms with van der Waals surface area (Å²) < 4.78 is 12.3. The smallest absolute Gasteiger partial charge is 0.261 e. The number of morpholine rings is 1. The fourth-order valence-electron chi connectivity index (χ4n) is 2.28. The molecule has 2 atom stereocenters. The Morgan fingerprint density at radius 1 is 1.44 bits per heavy atom. The van der Waals surface area contributed by atoms with Crippen LogP contribution in [0.15, 0.2) is 6.20 Å². The third-order valence-corrected chi connectivity index (χ3v) is 2.93. The highest BCUT2D eigenvalue weighted by molar-refractivity contribution is 5.96. The summed E-state index contributed by atoms with van der Waals surface area (Å²) in [5, 5.41) is 4.10. The van der Waals surface area contributed by atoms with Crippen LogP contribution < -0.4 is 4.74 Å². The van der Waals surface area contributed by atoms with Crippen molar-refractivity contribution >= 4 is 5.91 Å². The zero-order valence-corrected chi connectivity index (χ0v) is 11.2. The molecule has 0 aromatic carbocycles. The molecule has 1 amide bonds. The molecular formula is C12H19N3O3. The van der Waals surface area contributed by atoms with Crippen molar-refractivity contribution in [1.82, 2.24) is 14.7 Å². The molecule has 1 aromatic heterocycles. The van der Waals surface area contributed by atoms with Crippen molar-refractivity contribution in [3.05, 3.63) is 11.8 Å². The Balaban J connectivity index is 2.19. The van der Waals surface area contributed by atoms with E-state index in [2.05, 4.69) is 5.10 Å². The minimum Gasteiger partial charge on any atom is -0.479 e. The Bertz CT molecular complexity index is 434. The Labute approximate surface area is 106 Å². The highest BCUT2D eigenvalue weighted by Gasteiger charge is 2.29. The predicted octanol–water partition coefficient (Wildman–Crippen LogP) is 0.678. The molecule has 1 saturated heterocycles. The van der Waals surface area contributed by atoms with Gasteiger partial charge in [-0.1, -0.05) is 0 Å². The number of aromatic nitrogens is 2. The summed E-state index contributed by atoms with van der Waals surface area (Å²) in [4.78, 5) is 14.2. The third kappa shape index (κ3) is 2.48. The number of carbonyl (C=O) groups is 1. The quantitative estimate of drug-likeness (QED) is 0.777. The number of amides is 1. The van der Waals surface area contributed by atoms with Crippen molar-refractivity contribution in [2.24, 2.45) is 7.05 Å². The number of rotatable bonds is 2. The standard InChI is InChI=1S/C12H19N3O3/c1-8-5-15(6-9(2)18-8)12(16)10-7-14(3)13-11(10)17-4/h7-9H,5-6H2,1-4H3. The summed E-state index contributed by atoms with van der Waals surface area (Å²) in [5.74, 6) is 0.316. The molecule has 18 heavy (non-hydrogen) atoms. The molecule has 2 heterocycles. The Hall–Kier alpha value is -1.56. The normalized spacial score (nSPS) is 24.1. The molecule has 0 saturated carbocycles. The van der Waals surface area contributed by atoms with Crippen molar-refractivity contribution < 1.29 is 14.3 Å². The van der Waals surface area contributed by atoms with E-state index >= 15 is 0 Å². The molecule has 2 rings (SSSR count). The molecule has 1 aromatic rings. The van der Waals surface area contributed by atoms with Gasteiger partial charge in [0.05, 0.1) is 19.3 Å². The minimum absolute atomic E-state index is 0.0537. The lowest BCUT2D eigenvalue weighted by Gasteiger charge is -2.35. The second-order valence-electron chi connectivity index (χ2n) is 4.69. The molecular weight excluding hydrogens is 234 g/mol. The van der Waals surface area contributed by atoms with E-state index < -0.39 is 0 Å². The second kappa shape index (κ2) is 4.97. The van der Waals surface area contributed by atoms with Crippen molar-refractivity contribution in [1.29, 1.82) is 0 Å². The molecule has 0 bridgehead atoms. The average molecular weight is 253 g/mol. The predicted molar refractivity (Wildman–Crippen MR) is 65.7 cm³/mol. The van der Waals surface area contributed by atoms with Gasteiger partial charge in [0.25, 0.3) is 5.91 Å². The van der Waals surface area contributed by atoms with Gasteiger partial charge in [0.2, 0.25) is 5.88 Å². The van der Waals surface area contributed by atoms with E-state index in [9.17, 15) is 4.79 Å². The highest BCUT2D eigenvalue weighted by atomic mass is 16.5. The first-order chi connectivity index (χ1) is 8.51. The number of ether oxygens (including phenoxy) is 2. The SMILES string of the molecule is COc1nn(C)cc1C(=O)N1CC(C)OC(C)C1. The molecule has 6 heteroatoms. The number of hydrogen-bond acceptors (Lipinski definition) is 4. The highest BCUT2D eigenvalue weighted by Crippen LogP contribution is 2.20. The van der Waals surface area contributed by atoms with Gasteiger partial charge in [-0.2, -0.15) is 0 Å². The first-order valence-corrected chi connectivity index (χ1v) is 6.03. The number of methoxy groups -OCH3 is 1. The Morgan fingerprint density at radius 2 is 2.06 bits per heavy atom. The maximum Gasteiger partial charge on any atom is 0.261 e. The van der Waals surface area contributed by atoms with Gasteiger partial charge >= 0.3 is 0 Å². The van der Waals surface area contributed by atoms with Crippen LogP contribution in [0.1, 0.15) is 24.2 Å². The van der Waals surface area contributed by atoms with Gasteiger partial charge in [-0.15, -0.1) is 5.10 Å². The first-order valence-electron chi connectivity index (χ1n) is 6.03. The molecule has 0 aliphatic carbocycles. The summed E-state index contributed by atoms with van der Waals surface area (Å²) in [7, 11) is 3.29. The average Bonchev–Trinajstić information content (AvgIpc) is 2.68. The second-order valence-corrected chi connectivity index (χ2v) is 4.69. The maximum absolute atomic E-state index is 12.4. The lowest BCUT2D eigenvalue weighted by molar-refractivity contribution is -0.0586. The van der Waals surface area contributed by atoms with E-state index in [1.807, 2.05) is 13.8 Å². The van der Waals surface area contributed by atoms with Gasteiger partial charge in [-0.25, -0.2) is 0 Å². The van der Waals surface area contributed by atoms with E-state index in [1.54, 1.807) is 22.8 Å². The van der Waals surface area contributed by atoms with Gasteiger partial charge in [0, 0.05) is 26.3 Å². The fourth-order valence-corrected chi connectivity index (χ4v) is 2.28. The van der Waals surface area contributed by atoms with Crippen molar-refractivity contribution in [2.45, 2.75) is 26.1 Å². The number of nitrogens with zero attached hydrogens (tertiary/aromatic N) is 3. The largest absolute Gasteiger partial charge is 0.479 e. The van der Waals surface area contributed by atoms with Crippen LogP contribution in [-0.2, 0) is 11.8 Å². The molecule has 6 nitrogen and oxygen atoms in total. The Morgan fingerprint density at radius 3 is 2.61 bits per heavy atom. The van der Waals surface area contributed by atoms with E-state index in [0.29, 0.717) is 24.5 Å². The van der Waals surface area contributed by atoms with Crippen LogP contribution in [0.25, 0.3) is 0 Å². The number of hydrogen-bond donors (Lipinski definition) is 0.